The summed E-state index contributed by atoms with van der Waals surface area (Å²) in [6, 6.07) is 16.9. The maximum atomic E-state index is 12.2. The predicted octanol–water partition coefficient (Wildman–Crippen LogP) is 5.17. The summed E-state index contributed by atoms with van der Waals surface area (Å²) in [7, 11) is 0. The standard InChI is InChI=1S/C20H17Cl2N5O/c21-14-4-2-5-15(22)18(14)27-20(28)26-12-9-7-11(8-10-12)13-3-1-6-16(23)17(13)19(24)25/h1-10H,23H2,(H3,24,25)(H2,26,27,28). The van der Waals surface area contributed by atoms with E-state index < -0.39 is 6.03 Å². The quantitative estimate of drug-likeness (QED) is 0.230. The van der Waals surface area contributed by atoms with Crippen molar-refractivity contribution in [1.29, 1.82) is 5.41 Å². The molecule has 0 aliphatic carbocycles. The molecule has 2 amide bonds. The van der Waals surface area contributed by atoms with Gasteiger partial charge in [-0.1, -0.05) is 53.5 Å². The van der Waals surface area contributed by atoms with E-state index in [-0.39, 0.29) is 5.84 Å². The molecule has 0 spiro atoms. The highest BCUT2D eigenvalue weighted by atomic mass is 35.5. The molecule has 142 valence electrons. The van der Waals surface area contributed by atoms with Crippen molar-refractivity contribution >= 4 is 52.1 Å². The number of carbonyl (C=O) groups excluding carboxylic acids is 1. The number of nitrogen functional groups attached to an aromatic ring is 2. The van der Waals surface area contributed by atoms with Gasteiger partial charge in [0, 0.05) is 16.9 Å². The Bertz CT molecular complexity index is 1030. The van der Waals surface area contributed by atoms with Crippen LogP contribution in [0.3, 0.4) is 0 Å². The van der Waals surface area contributed by atoms with Gasteiger partial charge in [0.25, 0.3) is 0 Å². The van der Waals surface area contributed by atoms with E-state index in [0.717, 1.165) is 11.1 Å². The van der Waals surface area contributed by atoms with Crippen LogP contribution in [-0.4, -0.2) is 11.9 Å². The van der Waals surface area contributed by atoms with E-state index in [1.165, 1.54) is 0 Å². The molecule has 3 aromatic carbocycles. The van der Waals surface area contributed by atoms with Gasteiger partial charge in [-0.15, -0.1) is 0 Å². The highest BCUT2D eigenvalue weighted by molar-refractivity contribution is 6.39. The normalized spacial score (nSPS) is 10.4. The van der Waals surface area contributed by atoms with Crippen LogP contribution >= 0.6 is 23.2 Å². The molecule has 0 aliphatic rings. The Hall–Kier alpha value is -3.22. The Morgan fingerprint density at radius 2 is 1.50 bits per heavy atom. The van der Waals surface area contributed by atoms with Gasteiger partial charge in [-0.25, -0.2) is 4.79 Å². The van der Waals surface area contributed by atoms with E-state index in [1.807, 2.05) is 6.07 Å². The van der Waals surface area contributed by atoms with Crippen LogP contribution in [0.4, 0.5) is 21.9 Å². The predicted molar refractivity (Wildman–Crippen MR) is 116 cm³/mol. The summed E-state index contributed by atoms with van der Waals surface area (Å²) in [6.07, 6.45) is 0. The molecule has 3 rings (SSSR count). The van der Waals surface area contributed by atoms with E-state index in [2.05, 4.69) is 10.6 Å². The second-order valence-corrected chi connectivity index (χ2v) is 6.75. The number of nitrogens with two attached hydrogens (primary N) is 2. The fourth-order valence-electron chi connectivity index (χ4n) is 2.74. The highest BCUT2D eigenvalue weighted by Gasteiger charge is 2.12. The van der Waals surface area contributed by atoms with Gasteiger partial charge in [0.1, 0.15) is 5.84 Å². The van der Waals surface area contributed by atoms with E-state index >= 15 is 0 Å². The molecule has 7 N–H and O–H groups in total. The number of anilines is 3. The zero-order valence-corrected chi connectivity index (χ0v) is 16.1. The molecule has 0 heterocycles. The molecule has 3 aromatic rings. The maximum Gasteiger partial charge on any atom is 0.323 e. The SMILES string of the molecule is N=C(N)c1c(N)cccc1-c1ccc(NC(=O)Nc2c(Cl)cccc2Cl)cc1. The first-order chi connectivity index (χ1) is 13.4. The molecule has 6 nitrogen and oxygen atoms in total. The largest absolute Gasteiger partial charge is 0.398 e. The van der Waals surface area contributed by atoms with Gasteiger partial charge in [-0.05, 0) is 41.5 Å². The number of para-hydroxylation sites is 1. The first kappa shape index (κ1) is 19.5. The number of benzene rings is 3. The minimum atomic E-state index is -0.476. The Kier molecular flexibility index (Phi) is 5.73. The van der Waals surface area contributed by atoms with Crippen molar-refractivity contribution in [3.8, 4) is 11.1 Å². The zero-order valence-electron chi connectivity index (χ0n) is 14.6. The number of amidine groups is 1. The van der Waals surface area contributed by atoms with Crippen LogP contribution in [-0.2, 0) is 0 Å². The molecule has 0 saturated heterocycles. The van der Waals surface area contributed by atoms with E-state index in [9.17, 15) is 4.79 Å². The third-order valence-electron chi connectivity index (χ3n) is 4.02. The summed E-state index contributed by atoms with van der Waals surface area (Å²) >= 11 is 12.1. The molecule has 8 heteroatoms. The molecule has 0 saturated carbocycles. The number of amides is 2. The Balaban J connectivity index is 1.78. The number of rotatable bonds is 4. The topological polar surface area (TPSA) is 117 Å². The van der Waals surface area contributed by atoms with Gasteiger partial charge >= 0.3 is 6.03 Å². The number of hydrogen-bond acceptors (Lipinski definition) is 3. The number of urea groups is 1. The monoisotopic (exact) mass is 413 g/mol. The molecule has 0 unspecified atom stereocenters. The van der Waals surface area contributed by atoms with Crippen LogP contribution in [0.5, 0.6) is 0 Å². The minimum Gasteiger partial charge on any atom is -0.398 e. The number of halogens is 2. The van der Waals surface area contributed by atoms with Crippen molar-refractivity contribution in [2.45, 2.75) is 0 Å². The Morgan fingerprint density at radius 1 is 0.893 bits per heavy atom. The summed E-state index contributed by atoms with van der Waals surface area (Å²) in [5.41, 5.74) is 15.0. The minimum absolute atomic E-state index is 0.105. The van der Waals surface area contributed by atoms with Crippen molar-refractivity contribution in [2.24, 2.45) is 5.73 Å². The van der Waals surface area contributed by atoms with Gasteiger partial charge in [0.2, 0.25) is 0 Å². The summed E-state index contributed by atoms with van der Waals surface area (Å²) in [4.78, 5) is 12.2. The molecule has 0 aromatic heterocycles. The highest BCUT2D eigenvalue weighted by Crippen LogP contribution is 2.31. The van der Waals surface area contributed by atoms with Crippen molar-refractivity contribution in [1.82, 2.24) is 0 Å². The van der Waals surface area contributed by atoms with Gasteiger partial charge in [-0.2, -0.15) is 0 Å². The van der Waals surface area contributed by atoms with Crippen molar-refractivity contribution in [3.63, 3.8) is 0 Å². The third-order valence-corrected chi connectivity index (χ3v) is 4.65. The van der Waals surface area contributed by atoms with Crippen LogP contribution in [0.25, 0.3) is 11.1 Å². The van der Waals surface area contributed by atoms with E-state index in [4.69, 9.17) is 40.1 Å². The van der Waals surface area contributed by atoms with Crippen LogP contribution in [0.2, 0.25) is 10.0 Å². The first-order valence-corrected chi connectivity index (χ1v) is 8.97. The smallest absolute Gasteiger partial charge is 0.323 e. The van der Waals surface area contributed by atoms with Gasteiger partial charge < -0.3 is 22.1 Å². The molecule has 0 bridgehead atoms. The average Bonchev–Trinajstić information content (AvgIpc) is 2.65. The molecular weight excluding hydrogens is 397 g/mol. The van der Waals surface area contributed by atoms with Crippen LogP contribution in [0.1, 0.15) is 5.56 Å². The second kappa shape index (κ2) is 8.21. The molecule has 0 radical (unpaired) electrons. The molecule has 0 fully saturated rings. The summed E-state index contributed by atoms with van der Waals surface area (Å²) < 4.78 is 0. The lowest BCUT2D eigenvalue weighted by molar-refractivity contribution is 0.262. The first-order valence-electron chi connectivity index (χ1n) is 8.22. The maximum absolute atomic E-state index is 12.2. The van der Waals surface area contributed by atoms with Gasteiger partial charge in [0.15, 0.2) is 0 Å². The molecule has 0 atom stereocenters. The summed E-state index contributed by atoms with van der Waals surface area (Å²) in [5, 5.41) is 13.8. The second-order valence-electron chi connectivity index (χ2n) is 5.94. The third kappa shape index (κ3) is 4.19. The number of hydrogen-bond donors (Lipinski definition) is 5. The number of carbonyl (C=O) groups is 1. The van der Waals surface area contributed by atoms with Crippen LogP contribution in [0.15, 0.2) is 60.7 Å². The molecular formula is C20H17Cl2N5O. The molecule has 28 heavy (non-hydrogen) atoms. The van der Waals surface area contributed by atoms with Crippen molar-refractivity contribution < 1.29 is 4.79 Å². The van der Waals surface area contributed by atoms with E-state index in [0.29, 0.717) is 32.7 Å². The number of nitrogens with one attached hydrogen (secondary N) is 3. The fraction of sp³-hybridized carbons (Fsp3) is 0. The zero-order chi connectivity index (χ0) is 20.3. The Labute approximate surface area is 172 Å². The lowest BCUT2D eigenvalue weighted by Gasteiger charge is -2.13. The fourth-order valence-corrected chi connectivity index (χ4v) is 3.23. The van der Waals surface area contributed by atoms with Crippen LogP contribution in [0, 0.1) is 5.41 Å². The van der Waals surface area contributed by atoms with Gasteiger partial charge in [0.05, 0.1) is 15.7 Å². The van der Waals surface area contributed by atoms with Gasteiger partial charge in [-0.3, -0.25) is 5.41 Å². The van der Waals surface area contributed by atoms with Crippen LogP contribution < -0.4 is 22.1 Å². The summed E-state index contributed by atoms with van der Waals surface area (Å²) in [6.45, 7) is 0. The lowest BCUT2D eigenvalue weighted by atomic mass is 9.97. The summed E-state index contributed by atoms with van der Waals surface area (Å²) in [5.74, 6) is -0.105. The molecule has 0 aliphatic heterocycles. The lowest BCUT2D eigenvalue weighted by Crippen LogP contribution is -2.19. The van der Waals surface area contributed by atoms with E-state index in [1.54, 1.807) is 54.6 Å². The average molecular weight is 414 g/mol. The van der Waals surface area contributed by atoms with Crippen molar-refractivity contribution in [2.75, 3.05) is 16.4 Å². The Morgan fingerprint density at radius 3 is 2.11 bits per heavy atom. The van der Waals surface area contributed by atoms with Crippen molar-refractivity contribution in [3.05, 3.63) is 76.3 Å².